The Balaban J connectivity index is 1.83. The van der Waals surface area contributed by atoms with Crippen molar-refractivity contribution in [2.24, 2.45) is 0 Å². The van der Waals surface area contributed by atoms with Gasteiger partial charge in [-0.3, -0.25) is 14.4 Å². The lowest BCUT2D eigenvalue weighted by Crippen LogP contribution is -2.46. The van der Waals surface area contributed by atoms with E-state index in [1.807, 2.05) is 0 Å². The van der Waals surface area contributed by atoms with Gasteiger partial charge in [-0.1, -0.05) is 12.1 Å². The van der Waals surface area contributed by atoms with Gasteiger partial charge in [0.05, 0.1) is 25.2 Å². The molecule has 166 valence electrons. The number of benzene rings is 2. The number of hydrogen-bond acceptors (Lipinski definition) is 6. The van der Waals surface area contributed by atoms with Crippen LogP contribution in [-0.4, -0.2) is 48.3 Å². The van der Waals surface area contributed by atoms with Crippen molar-refractivity contribution in [3.05, 3.63) is 72.1 Å². The molecule has 1 fully saturated rings. The Kier molecular flexibility index (Phi) is 6.99. The van der Waals surface area contributed by atoms with Crippen LogP contribution < -0.4 is 14.7 Å². The summed E-state index contributed by atoms with van der Waals surface area (Å²) >= 11 is 0. The van der Waals surface area contributed by atoms with Gasteiger partial charge in [0.2, 0.25) is 11.8 Å². The summed E-state index contributed by atoms with van der Waals surface area (Å²) in [5.41, 5.74) is 1.04. The van der Waals surface area contributed by atoms with E-state index in [0.29, 0.717) is 18.2 Å². The molecule has 3 amide bonds. The lowest BCUT2D eigenvalue weighted by Gasteiger charge is -2.26. The second kappa shape index (κ2) is 9.86. The fourth-order valence-electron chi connectivity index (χ4n) is 3.42. The van der Waals surface area contributed by atoms with Crippen molar-refractivity contribution >= 4 is 29.4 Å². The minimum absolute atomic E-state index is 0.0590. The number of anilines is 1. The Morgan fingerprint density at radius 3 is 2.38 bits per heavy atom. The topological polar surface area (TPSA) is 107 Å². The van der Waals surface area contributed by atoms with Crippen molar-refractivity contribution in [3.8, 4) is 5.75 Å². The fraction of sp³-hybridized carbons (Fsp3) is 0.217. The minimum Gasteiger partial charge on any atom is -0.545 e. The van der Waals surface area contributed by atoms with Gasteiger partial charge in [-0.05, 0) is 54.5 Å². The summed E-state index contributed by atoms with van der Waals surface area (Å²) in [6.45, 7) is 0.0590. The minimum atomic E-state index is -1.56. The molecule has 1 aliphatic heterocycles. The Hall–Kier alpha value is -4.01. The maximum Gasteiger partial charge on any atom is 0.257 e. The van der Waals surface area contributed by atoms with E-state index in [2.05, 4.69) is 0 Å². The highest BCUT2D eigenvalue weighted by molar-refractivity contribution is 6.23. The van der Waals surface area contributed by atoms with Crippen LogP contribution in [0.2, 0.25) is 0 Å². The highest BCUT2D eigenvalue weighted by Gasteiger charge is 2.43. The number of carboxylic acids is 1. The lowest BCUT2D eigenvalue weighted by atomic mass is 10.1. The summed E-state index contributed by atoms with van der Waals surface area (Å²) in [5, 5.41) is 10.7. The van der Waals surface area contributed by atoms with Gasteiger partial charge in [0.1, 0.15) is 17.6 Å². The average molecular weight is 439 g/mol. The third kappa shape index (κ3) is 5.18. The van der Waals surface area contributed by atoms with E-state index in [-0.39, 0.29) is 18.7 Å². The Morgan fingerprint density at radius 1 is 1.12 bits per heavy atom. The molecule has 0 saturated carbocycles. The zero-order chi connectivity index (χ0) is 23.3. The molecule has 8 nitrogen and oxygen atoms in total. The molecule has 0 unspecified atom stereocenters. The van der Waals surface area contributed by atoms with Crippen molar-refractivity contribution in [1.29, 1.82) is 0 Å². The molecule has 0 aromatic heterocycles. The number of methoxy groups -OCH3 is 1. The van der Waals surface area contributed by atoms with E-state index in [9.17, 15) is 28.7 Å². The SMILES string of the molecule is COc1ccc(CCN(C(=O)/C=C/C(=O)[O-])[C@H]2CC(=O)N(c3ccc(F)cc3)C2=O)cc1. The zero-order valence-corrected chi connectivity index (χ0v) is 17.2. The summed E-state index contributed by atoms with van der Waals surface area (Å²) in [7, 11) is 1.54. The fourth-order valence-corrected chi connectivity index (χ4v) is 3.42. The molecule has 3 rings (SSSR count). The van der Waals surface area contributed by atoms with Crippen LogP contribution in [0.3, 0.4) is 0 Å². The smallest absolute Gasteiger partial charge is 0.257 e. The monoisotopic (exact) mass is 439 g/mol. The largest absolute Gasteiger partial charge is 0.545 e. The number of carbonyl (C=O) groups excluding carboxylic acids is 4. The van der Waals surface area contributed by atoms with Crippen LogP contribution in [0, 0.1) is 5.82 Å². The third-order valence-corrected chi connectivity index (χ3v) is 5.03. The molecule has 32 heavy (non-hydrogen) atoms. The number of hydrogen-bond donors (Lipinski definition) is 0. The van der Waals surface area contributed by atoms with E-state index in [4.69, 9.17) is 4.74 Å². The first kappa shape index (κ1) is 22.7. The van der Waals surface area contributed by atoms with Crippen LogP contribution in [0.5, 0.6) is 5.75 Å². The summed E-state index contributed by atoms with van der Waals surface area (Å²) in [6.07, 6.45) is 1.44. The van der Waals surface area contributed by atoms with Crippen molar-refractivity contribution in [2.75, 3.05) is 18.6 Å². The van der Waals surface area contributed by atoms with Crippen LogP contribution in [0.1, 0.15) is 12.0 Å². The van der Waals surface area contributed by atoms with Crippen molar-refractivity contribution in [3.63, 3.8) is 0 Å². The molecule has 2 aromatic carbocycles. The highest BCUT2D eigenvalue weighted by Crippen LogP contribution is 2.26. The van der Waals surface area contributed by atoms with Crippen LogP contribution in [0.15, 0.2) is 60.7 Å². The number of aliphatic carboxylic acids is 1. The highest BCUT2D eigenvalue weighted by atomic mass is 19.1. The van der Waals surface area contributed by atoms with E-state index in [0.717, 1.165) is 33.6 Å². The second-order valence-corrected chi connectivity index (χ2v) is 7.05. The molecular weight excluding hydrogens is 419 g/mol. The first-order valence-electron chi connectivity index (χ1n) is 9.75. The molecule has 0 N–H and O–H groups in total. The molecule has 2 aromatic rings. The van der Waals surface area contributed by atoms with E-state index in [1.54, 1.807) is 24.3 Å². The number of amides is 3. The quantitative estimate of drug-likeness (QED) is 0.446. The van der Waals surface area contributed by atoms with Gasteiger partial charge in [-0.2, -0.15) is 0 Å². The van der Waals surface area contributed by atoms with E-state index < -0.39 is 35.5 Å². The van der Waals surface area contributed by atoms with Gasteiger partial charge in [0.25, 0.3) is 5.91 Å². The van der Waals surface area contributed by atoms with Crippen LogP contribution in [0.4, 0.5) is 10.1 Å². The molecule has 9 heteroatoms. The summed E-state index contributed by atoms with van der Waals surface area (Å²) in [4.78, 5) is 51.1. The molecule has 0 aliphatic carbocycles. The first-order valence-corrected chi connectivity index (χ1v) is 9.75. The van der Waals surface area contributed by atoms with Crippen LogP contribution in [-0.2, 0) is 25.6 Å². The van der Waals surface area contributed by atoms with Crippen molar-refractivity contribution in [1.82, 2.24) is 4.90 Å². The summed E-state index contributed by atoms with van der Waals surface area (Å²) in [5.74, 6) is -3.35. The molecule has 0 radical (unpaired) electrons. The van der Waals surface area contributed by atoms with Crippen molar-refractivity contribution in [2.45, 2.75) is 18.9 Å². The average Bonchev–Trinajstić information content (AvgIpc) is 3.07. The zero-order valence-electron chi connectivity index (χ0n) is 17.2. The molecule has 1 aliphatic rings. The second-order valence-electron chi connectivity index (χ2n) is 7.05. The van der Waals surface area contributed by atoms with Gasteiger partial charge >= 0.3 is 0 Å². The normalized spacial score (nSPS) is 15.9. The van der Waals surface area contributed by atoms with Gasteiger partial charge in [-0.25, -0.2) is 9.29 Å². The maximum atomic E-state index is 13.2. The maximum absolute atomic E-state index is 13.2. The lowest BCUT2D eigenvalue weighted by molar-refractivity contribution is -0.297. The molecule has 1 atom stereocenters. The number of ether oxygens (including phenoxy) is 1. The van der Waals surface area contributed by atoms with Crippen LogP contribution in [0.25, 0.3) is 0 Å². The predicted octanol–water partition coefficient (Wildman–Crippen LogP) is 0.844. The molecule has 1 heterocycles. The number of nitrogens with zero attached hydrogens (tertiary/aromatic N) is 2. The first-order chi connectivity index (χ1) is 15.3. The number of carbonyl (C=O) groups is 4. The van der Waals surface area contributed by atoms with Gasteiger partial charge in [0.15, 0.2) is 0 Å². The summed E-state index contributed by atoms with van der Waals surface area (Å²) in [6, 6.07) is 10.8. The molecule has 0 bridgehead atoms. The Labute approximate surface area is 183 Å². The molecule has 1 saturated heterocycles. The Bertz CT molecular complexity index is 1050. The van der Waals surface area contributed by atoms with Gasteiger partial charge in [-0.15, -0.1) is 0 Å². The molecule has 0 spiro atoms. The van der Waals surface area contributed by atoms with Gasteiger partial charge < -0.3 is 19.5 Å². The number of halogens is 1. The molecular formula is C23H20FN2O6-. The number of imide groups is 1. The summed E-state index contributed by atoms with van der Waals surface area (Å²) < 4.78 is 18.3. The number of carboxylic acid groups (broad SMARTS) is 1. The number of rotatable bonds is 8. The van der Waals surface area contributed by atoms with Crippen molar-refractivity contribution < 1.29 is 33.4 Å². The Morgan fingerprint density at radius 2 is 1.78 bits per heavy atom. The third-order valence-electron chi connectivity index (χ3n) is 5.03. The van der Waals surface area contributed by atoms with E-state index >= 15 is 0 Å². The standard InChI is InChI=1S/C23H21FN2O6/c1-32-18-8-2-15(3-9-18)12-13-25(20(27)10-11-22(29)30)19-14-21(28)26(23(19)31)17-6-4-16(24)5-7-17/h2-11,19H,12-14H2,1H3,(H,29,30)/p-1/b11-10+/t19-/m0/s1. The van der Waals surface area contributed by atoms with E-state index in [1.165, 1.54) is 19.2 Å². The van der Waals surface area contributed by atoms with Crippen LogP contribution >= 0.6 is 0 Å². The van der Waals surface area contributed by atoms with Gasteiger partial charge in [0, 0.05) is 12.6 Å². The predicted molar refractivity (Wildman–Crippen MR) is 110 cm³/mol.